The summed E-state index contributed by atoms with van der Waals surface area (Å²) in [6, 6.07) is 7.93. The molecule has 0 aliphatic heterocycles. The van der Waals surface area contributed by atoms with Crippen molar-refractivity contribution >= 4 is 41.5 Å². The zero-order chi connectivity index (χ0) is 18.8. The van der Waals surface area contributed by atoms with E-state index in [2.05, 4.69) is 38.8 Å². The monoisotopic (exact) mass is 504 g/mol. The van der Waals surface area contributed by atoms with E-state index in [-0.39, 0.29) is 24.0 Å². The number of hydrogen-bond donors (Lipinski definition) is 1. The zero-order valence-corrected chi connectivity index (χ0v) is 19.4. The maximum Gasteiger partial charge on any atom is 0.194 e. The Bertz CT molecular complexity index is 703. The number of unbranched alkanes of at least 4 members (excludes halogenated alkanes) is 1. The topological polar surface area (TPSA) is 58.3 Å². The third-order valence-corrected chi connectivity index (χ3v) is 4.52. The highest BCUT2D eigenvalue weighted by atomic mass is 127. The van der Waals surface area contributed by atoms with Crippen molar-refractivity contribution in [2.45, 2.75) is 46.2 Å². The molecule has 0 atom stereocenters. The number of aliphatic imine (C=N–C) groups is 1. The van der Waals surface area contributed by atoms with Gasteiger partial charge in [0.1, 0.15) is 12.2 Å². The van der Waals surface area contributed by atoms with Crippen LogP contribution in [0.5, 0.6) is 0 Å². The zero-order valence-electron chi connectivity index (χ0n) is 16.4. The number of rotatable bonds is 9. The minimum Gasteiger partial charge on any atom is -0.354 e. The van der Waals surface area contributed by atoms with Crippen molar-refractivity contribution < 1.29 is 0 Å². The quantitative estimate of drug-likeness (QED) is 0.243. The van der Waals surface area contributed by atoms with Crippen LogP contribution in [0, 0.1) is 0 Å². The molecule has 0 aliphatic rings. The Kier molecular flexibility index (Phi) is 11.3. The third kappa shape index (κ3) is 7.65. The van der Waals surface area contributed by atoms with E-state index in [0.29, 0.717) is 6.54 Å². The van der Waals surface area contributed by atoms with Gasteiger partial charge in [-0.25, -0.2) is 0 Å². The Morgan fingerprint density at radius 3 is 2.78 bits per heavy atom. The van der Waals surface area contributed by atoms with Gasteiger partial charge in [0, 0.05) is 44.7 Å². The van der Waals surface area contributed by atoms with Crippen LogP contribution in [0.15, 0.2) is 35.6 Å². The SMILES string of the molecule is CCCCN=C(NCCn1cnnc1CC)N(C)Cc1ccccc1Cl.I. The molecule has 1 aromatic heterocycles. The Labute approximate surface area is 184 Å². The van der Waals surface area contributed by atoms with Crippen LogP contribution in [0.4, 0.5) is 0 Å². The van der Waals surface area contributed by atoms with Gasteiger partial charge in [0.15, 0.2) is 5.96 Å². The van der Waals surface area contributed by atoms with Crippen LogP contribution in [0.2, 0.25) is 5.02 Å². The van der Waals surface area contributed by atoms with Crippen molar-refractivity contribution in [2.75, 3.05) is 20.1 Å². The molecule has 0 amide bonds. The van der Waals surface area contributed by atoms with Crippen molar-refractivity contribution in [3.63, 3.8) is 0 Å². The van der Waals surface area contributed by atoms with E-state index >= 15 is 0 Å². The molecule has 0 spiro atoms. The highest BCUT2D eigenvalue weighted by molar-refractivity contribution is 14.0. The number of nitrogens with zero attached hydrogens (tertiary/aromatic N) is 5. The minimum absolute atomic E-state index is 0. The van der Waals surface area contributed by atoms with Crippen molar-refractivity contribution in [1.82, 2.24) is 25.0 Å². The van der Waals surface area contributed by atoms with Gasteiger partial charge < -0.3 is 14.8 Å². The third-order valence-electron chi connectivity index (χ3n) is 4.15. The van der Waals surface area contributed by atoms with Crippen LogP contribution in [0.1, 0.15) is 38.1 Å². The van der Waals surface area contributed by atoms with Crippen LogP contribution in [0.25, 0.3) is 0 Å². The normalized spacial score (nSPS) is 11.2. The van der Waals surface area contributed by atoms with Crippen LogP contribution >= 0.6 is 35.6 Å². The number of aryl methyl sites for hydroxylation is 1. The molecular weight excluding hydrogens is 475 g/mol. The molecule has 0 radical (unpaired) electrons. The molecular formula is C19H30ClIN6. The largest absolute Gasteiger partial charge is 0.354 e. The van der Waals surface area contributed by atoms with E-state index in [9.17, 15) is 0 Å². The second-order valence-corrected chi connectivity index (χ2v) is 6.63. The first-order chi connectivity index (χ1) is 12.7. The number of guanidine groups is 1. The van der Waals surface area contributed by atoms with E-state index in [0.717, 1.165) is 61.3 Å². The first kappa shape index (κ1) is 23.7. The molecule has 0 bridgehead atoms. The molecule has 1 heterocycles. The van der Waals surface area contributed by atoms with Gasteiger partial charge >= 0.3 is 0 Å². The highest BCUT2D eigenvalue weighted by Crippen LogP contribution is 2.16. The van der Waals surface area contributed by atoms with Crippen molar-refractivity contribution in [1.29, 1.82) is 0 Å². The van der Waals surface area contributed by atoms with E-state index in [1.165, 1.54) is 0 Å². The fraction of sp³-hybridized carbons (Fsp3) is 0.526. The Hall–Kier alpha value is -1.35. The lowest BCUT2D eigenvalue weighted by atomic mass is 10.2. The van der Waals surface area contributed by atoms with E-state index in [1.54, 1.807) is 6.33 Å². The lowest BCUT2D eigenvalue weighted by Gasteiger charge is -2.23. The Morgan fingerprint density at radius 1 is 1.30 bits per heavy atom. The van der Waals surface area contributed by atoms with Crippen LogP contribution in [-0.4, -0.2) is 45.8 Å². The van der Waals surface area contributed by atoms with Crippen LogP contribution < -0.4 is 5.32 Å². The summed E-state index contributed by atoms with van der Waals surface area (Å²) in [4.78, 5) is 6.86. The number of halogens is 2. The number of nitrogens with one attached hydrogen (secondary N) is 1. The number of benzene rings is 1. The molecule has 2 rings (SSSR count). The van der Waals surface area contributed by atoms with E-state index in [4.69, 9.17) is 16.6 Å². The number of hydrogen-bond acceptors (Lipinski definition) is 3. The molecule has 0 unspecified atom stereocenters. The van der Waals surface area contributed by atoms with Gasteiger partial charge in [0.2, 0.25) is 0 Å². The minimum atomic E-state index is 0. The average Bonchev–Trinajstić information content (AvgIpc) is 3.10. The standard InChI is InChI=1S/C19H29ClN6.HI/c1-4-6-11-21-19(22-12-13-26-15-23-24-18(26)5-2)25(3)14-16-9-7-8-10-17(16)20;/h7-10,15H,4-6,11-14H2,1-3H3,(H,21,22);1H. The summed E-state index contributed by atoms with van der Waals surface area (Å²) in [5, 5.41) is 12.4. The summed E-state index contributed by atoms with van der Waals surface area (Å²) in [6.45, 7) is 7.37. The molecule has 0 saturated carbocycles. The second kappa shape index (κ2) is 12.9. The van der Waals surface area contributed by atoms with Gasteiger partial charge in [-0.1, -0.05) is 50.1 Å². The molecule has 150 valence electrons. The fourth-order valence-corrected chi connectivity index (χ4v) is 2.83. The van der Waals surface area contributed by atoms with Gasteiger partial charge in [0.05, 0.1) is 0 Å². The molecule has 8 heteroatoms. The Morgan fingerprint density at radius 2 is 2.07 bits per heavy atom. The van der Waals surface area contributed by atoms with E-state index < -0.39 is 0 Å². The van der Waals surface area contributed by atoms with E-state index in [1.807, 2.05) is 31.3 Å². The predicted octanol–water partition coefficient (Wildman–Crippen LogP) is 3.99. The summed E-state index contributed by atoms with van der Waals surface area (Å²) in [6.07, 6.45) is 4.87. The van der Waals surface area contributed by atoms with Crippen molar-refractivity contribution in [3.8, 4) is 0 Å². The Balaban J connectivity index is 0.00000364. The molecule has 27 heavy (non-hydrogen) atoms. The van der Waals surface area contributed by atoms with Gasteiger partial charge in [-0.3, -0.25) is 4.99 Å². The lowest BCUT2D eigenvalue weighted by molar-refractivity contribution is 0.470. The predicted molar refractivity (Wildman–Crippen MR) is 123 cm³/mol. The summed E-state index contributed by atoms with van der Waals surface area (Å²) in [7, 11) is 2.04. The molecule has 6 nitrogen and oxygen atoms in total. The van der Waals surface area contributed by atoms with Gasteiger partial charge in [0.25, 0.3) is 0 Å². The smallest absolute Gasteiger partial charge is 0.194 e. The van der Waals surface area contributed by atoms with Crippen LogP contribution in [-0.2, 0) is 19.5 Å². The maximum absolute atomic E-state index is 6.30. The molecule has 0 fully saturated rings. The first-order valence-electron chi connectivity index (χ1n) is 9.25. The molecule has 0 aliphatic carbocycles. The van der Waals surface area contributed by atoms with Crippen LogP contribution in [0.3, 0.4) is 0 Å². The molecule has 2 aromatic rings. The lowest BCUT2D eigenvalue weighted by Crippen LogP contribution is -2.40. The highest BCUT2D eigenvalue weighted by Gasteiger charge is 2.09. The van der Waals surface area contributed by atoms with Crippen molar-refractivity contribution in [3.05, 3.63) is 47.0 Å². The van der Waals surface area contributed by atoms with Gasteiger partial charge in [-0.05, 0) is 18.1 Å². The average molecular weight is 505 g/mol. The fourth-order valence-electron chi connectivity index (χ4n) is 2.64. The van der Waals surface area contributed by atoms with Gasteiger partial charge in [-0.2, -0.15) is 0 Å². The maximum atomic E-state index is 6.30. The summed E-state index contributed by atoms with van der Waals surface area (Å²) < 4.78 is 2.07. The molecule has 1 N–H and O–H groups in total. The summed E-state index contributed by atoms with van der Waals surface area (Å²) in [5.74, 6) is 1.89. The summed E-state index contributed by atoms with van der Waals surface area (Å²) in [5.41, 5.74) is 1.09. The number of aromatic nitrogens is 3. The molecule has 1 aromatic carbocycles. The van der Waals surface area contributed by atoms with Crippen molar-refractivity contribution in [2.24, 2.45) is 4.99 Å². The first-order valence-corrected chi connectivity index (χ1v) is 9.63. The van der Waals surface area contributed by atoms with Gasteiger partial charge in [-0.15, -0.1) is 34.2 Å². The second-order valence-electron chi connectivity index (χ2n) is 6.23. The molecule has 0 saturated heterocycles. The summed E-state index contributed by atoms with van der Waals surface area (Å²) >= 11 is 6.30.